The largest absolute Gasteiger partial charge is 0.377 e. The molecule has 35 heavy (non-hydrogen) atoms. The first-order valence-electron chi connectivity index (χ1n) is 11.1. The number of fused-ring (bicyclic) bond motifs is 4. The number of carbonyl (C=O) groups is 1. The van der Waals surface area contributed by atoms with Crippen LogP contribution in [0.2, 0.25) is 0 Å². The molecule has 1 atom stereocenters. The topological polar surface area (TPSA) is 121 Å². The number of anilines is 2. The van der Waals surface area contributed by atoms with Gasteiger partial charge in [0.1, 0.15) is 11.7 Å². The van der Waals surface area contributed by atoms with Crippen LogP contribution >= 0.6 is 0 Å². The second-order valence-corrected chi connectivity index (χ2v) is 10.6. The third-order valence-corrected chi connectivity index (χ3v) is 7.50. The Morgan fingerprint density at radius 3 is 2.77 bits per heavy atom. The van der Waals surface area contributed by atoms with Crippen LogP contribution in [0.4, 0.5) is 11.5 Å². The van der Waals surface area contributed by atoms with Crippen molar-refractivity contribution in [3.05, 3.63) is 60.6 Å². The third kappa shape index (κ3) is 3.72. The van der Waals surface area contributed by atoms with Crippen LogP contribution in [0.3, 0.4) is 0 Å². The number of nitrogens with zero attached hydrogens (tertiary/aromatic N) is 5. The van der Waals surface area contributed by atoms with Crippen LogP contribution < -0.4 is 9.80 Å². The summed E-state index contributed by atoms with van der Waals surface area (Å²) in [4.78, 5) is 34.4. The Bertz CT molecular complexity index is 1550. The maximum absolute atomic E-state index is 13.5. The summed E-state index contributed by atoms with van der Waals surface area (Å²) < 4.78 is 29.3. The van der Waals surface area contributed by atoms with Gasteiger partial charge in [0.05, 0.1) is 48.2 Å². The van der Waals surface area contributed by atoms with Gasteiger partial charge in [-0.1, -0.05) is 18.2 Å². The molecule has 4 heterocycles. The van der Waals surface area contributed by atoms with Crippen molar-refractivity contribution in [3.8, 4) is 11.4 Å². The van der Waals surface area contributed by atoms with E-state index in [0.717, 1.165) is 22.2 Å². The van der Waals surface area contributed by atoms with Gasteiger partial charge < -0.3 is 19.5 Å². The maximum Gasteiger partial charge on any atom is 0.252 e. The van der Waals surface area contributed by atoms with E-state index < -0.39 is 15.9 Å². The molecule has 2 aliphatic heterocycles. The summed E-state index contributed by atoms with van der Waals surface area (Å²) in [6.07, 6.45) is 4.49. The van der Waals surface area contributed by atoms with Crippen molar-refractivity contribution >= 4 is 38.3 Å². The molecule has 1 fully saturated rings. The number of rotatable bonds is 4. The zero-order valence-electron chi connectivity index (χ0n) is 18.9. The van der Waals surface area contributed by atoms with Gasteiger partial charge >= 0.3 is 0 Å². The fourth-order valence-corrected chi connectivity index (χ4v) is 5.22. The molecule has 11 heteroatoms. The van der Waals surface area contributed by atoms with E-state index in [2.05, 4.69) is 15.0 Å². The van der Waals surface area contributed by atoms with Gasteiger partial charge in [0.25, 0.3) is 5.91 Å². The summed E-state index contributed by atoms with van der Waals surface area (Å²) >= 11 is 0. The summed E-state index contributed by atoms with van der Waals surface area (Å²) in [6.45, 7) is 1.59. The minimum absolute atomic E-state index is 0.102. The van der Waals surface area contributed by atoms with Crippen molar-refractivity contribution in [1.82, 2.24) is 19.9 Å². The van der Waals surface area contributed by atoms with E-state index in [9.17, 15) is 13.2 Å². The minimum Gasteiger partial charge on any atom is -0.377 e. The molecule has 0 radical (unpaired) electrons. The number of carbonyl (C=O) groups excluding carboxylic acids is 1. The smallest absolute Gasteiger partial charge is 0.252 e. The second-order valence-electron chi connectivity index (χ2n) is 8.63. The van der Waals surface area contributed by atoms with Gasteiger partial charge in [0.15, 0.2) is 21.5 Å². The average Bonchev–Trinajstić information content (AvgIpc) is 3.35. The Hall–Kier alpha value is -3.83. The maximum atomic E-state index is 13.5. The molecule has 1 unspecified atom stereocenters. The first-order chi connectivity index (χ1) is 16.9. The van der Waals surface area contributed by atoms with E-state index in [1.807, 2.05) is 23.1 Å². The van der Waals surface area contributed by atoms with Crippen LogP contribution in [-0.2, 0) is 25.9 Å². The Labute approximate surface area is 201 Å². The lowest BCUT2D eigenvalue weighted by Crippen LogP contribution is -2.58. The molecular weight excluding hydrogens is 468 g/mol. The molecule has 4 aromatic rings. The van der Waals surface area contributed by atoms with Gasteiger partial charge in [0, 0.05) is 18.4 Å². The van der Waals surface area contributed by atoms with Crippen molar-refractivity contribution < 1.29 is 17.9 Å². The van der Waals surface area contributed by atoms with E-state index in [1.54, 1.807) is 41.7 Å². The van der Waals surface area contributed by atoms with Crippen LogP contribution in [0.25, 0.3) is 22.4 Å². The Balaban J connectivity index is 1.42. The molecular formula is C24H22N6O4S. The zero-order chi connectivity index (χ0) is 24.2. The van der Waals surface area contributed by atoms with Gasteiger partial charge in [-0.15, -0.1) is 0 Å². The number of benzene rings is 2. The molecule has 2 aromatic heterocycles. The monoisotopic (exact) mass is 490 g/mol. The van der Waals surface area contributed by atoms with Crippen molar-refractivity contribution in [2.75, 3.05) is 35.8 Å². The molecule has 1 saturated heterocycles. The predicted molar refractivity (Wildman–Crippen MR) is 130 cm³/mol. The van der Waals surface area contributed by atoms with Gasteiger partial charge in [-0.3, -0.25) is 4.79 Å². The number of H-pyrrole nitrogens is 1. The number of ether oxygens (including phenoxy) is 1. The van der Waals surface area contributed by atoms with Crippen molar-refractivity contribution in [2.24, 2.45) is 0 Å². The van der Waals surface area contributed by atoms with E-state index in [4.69, 9.17) is 9.72 Å². The molecule has 0 bridgehead atoms. The lowest BCUT2D eigenvalue weighted by molar-refractivity contribution is -0.122. The molecule has 178 valence electrons. The van der Waals surface area contributed by atoms with Gasteiger partial charge in [-0.25, -0.2) is 23.4 Å². The molecule has 1 amide bonds. The Morgan fingerprint density at radius 2 is 1.97 bits per heavy atom. The van der Waals surface area contributed by atoms with E-state index >= 15 is 0 Å². The highest BCUT2D eigenvalue weighted by Crippen LogP contribution is 2.38. The lowest BCUT2D eigenvalue weighted by atomic mass is 10.1. The number of morpholine rings is 1. The molecule has 0 aliphatic carbocycles. The molecule has 6 rings (SSSR count). The lowest BCUT2D eigenvalue weighted by Gasteiger charge is -2.43. The first-order valence-corrected chi connectivity index (χ1v) is 13.0. The zero-order valence-corrected chi connectivity index (χ0v) is 19.7. The summed E-state index contributed by atoms with van der Waals surface area (Å²) in [7, 11) is -3.30. The number of hydrogen-bond donors (Lipinski definition) is 1. The van der Waals surface area contributed by atoms with Crippen LogP contribution in [0.15, 0.2) is 59.9 Å². The fraction of sp³-hybridized carbons (Fsp3) is 0.250. The second kappa shape index (κ2) is 8.14. The van der Waals surface area contributed by atoms with Crippen LogP contribution in [0.1, 0.15) is 5.56 Å². The highest BCUT2D eigenvalue weighted by atomic mass is 32.2. The van der Waals surface area contributed by atoms with Gasteiger partial charge in [-0.05, 0) is 29.8 Å². The van der Waals surface area contributed by atoms with Crippen LogP contribution in [0, 0.1) is 0 Å². The number of sulfone groups is 1. The number of aromatic amines is 1. The summed E-state index contributed by atoms with van der Waals surface area (Å²) in [5, 5.41) is 0. The molecule has 0 saturated carbocycles. The summed E-state index contributed by atoms with van der Waals surface area (Å²) in [6, 6.07) is 11.9. The molecule has 0 spiro atoms. The third-order valence-electron chi connectivity index (χ3n) is 6.38. The van der Waals surface area contributed by atoms with Crippen molar-refractivity contribution in [3.63, 3.8) is 0 Å². The van der Waals surface area contributed by atoms with Crippen molar-refractivity contribution in [1.29, 1.82) is 0 Å². The highest BCUT2D eigenvalue weighted by Gasteiger charge is 2.41. The Kier molecular flexibility index (Phi) is 5.04. The predicted octanol–water partition coefficient (Wildman–Crippen LogP) is 2.18. The highest BCUT2D eigenvalue weighted by molar-refractivity contribution is 7.90. The van der Waals surface area contributed by atoms with E-state index in [1.165, 1.54) is 6.26 Å². The number of para-hydroxylation sites is 1. The van der Waals surface area contributed by atoms with E-state index in [0.29, 0.717) is 30.5 Å². The van der Waals surface area contributed by atoms with E-state index in [-0.39, 0.29) is 24.0 Å². The number of imidazole rings is 1. The summed E-state index contributed by atoms with van der Waals surface area (Å²) in [5.41, 5.74) is 3.88. The minimum atomic E-state index is -3.30. The quantitative estimate of drug-likeness (QED) is 0.462. The van der Waals surface area contributed by atoms with Crippen LogP contribution in [0.5, 0.6) is 0 Å². The molecule has 2 aliphatic rings. The Morgan fingerprint density at radius 1 is 1.14 bits per heavy atom. The van der Waals surface area contributed by atoms with Crippen molar-refractivity contribution in [2.45, 2.75) is 17.5 Å². The average molecular weight is 491 g/mol. The first kappa shape index (κ1) is 21.7. The SMILES string of the molecule is CS(=O)(=O)c1ccc(CN2C(=O)C3COCCN3c3nc(-c4cccc5[nH]cnc45)ncc32)cc1. The normalized spacial score (nSPS) is 18.0. The van der Waals surface area contributed by atoms with Gasteiger partial charge in [-0.2, -0.15) is 0 Å². The standard InChI is InChI=1S/C24H22N6O4S/c1-35(32,33)16-7-5-15(6-8-16)12-30-19-11-25-22(17-3-2-4-18-21(17)27-14-26-18)28-23(19)29-9-10-34-13-20(29)24(30)31/h2-8,11,14,20H,9-10,12-13H2,1H3,(H,26,27). The molecule has 2 aromatic carbocycles. The molecule has 1 N–H and O–H groups in total. The summed E-state index contributed by atoms with van der Waals surface area (Å²) in [5.74, 6) is 1.09. The number of amides is 1. The number of hydrogen-bond acceptors (Lipinski definition) is 8. The van der Waals surface area contributed by atoms with Gasteiger partial charge in [0.2, 0.25) is 0 Å². The number of aromatic nitrogens is 4. The number of nitrogens with one attached hydrogen (secondary N) is 1. The fourth-order valence-electron chi connectivity index (χ4n) is 4.59. The van der Waals surface area contributed by atoms with Crippen LogP contribution in [-0.4, -0.2) is 66.3 Å². The molecule has 10 nitrogen and oxygen atoms in total.